The zero-order valence-corrected chi connectivity index (χ0v) is 20.9. The van der Waals surface area contributed by atoms with Crippen molar-refractivity contribution < 1.29 is 22.7 Å². The molecule has 2 aromatic carbocycles. The first-order valence-electron chi connectivity index (χ1n) is 9.89. The number of hydrogen-bond acceptors (Lipinski definition) is 6. The van der Waals surface area contributed by atoms with Gasteiger partial charge >= 0.3 is 12.3 Å². The van der Waals surface area contributed by atoms with Crippen LogP contribution in [-0.4, -0.2) is 22.9 Å². The fourth-order valence-electron chi connectivity index (χ4n) is 2.77. The summed E-state index contributed by atoms with van der Waals surface area (Å²) in [5.41, 5.74) is 0.321. The number of thioether (sulfide) groups is 1. The van der Waals surface area contributed by atoms with E-state index in [0.717, 1.165) is 36.7 Å². The maximum Gasteiger partial charge on any atom is 0.416 e. The fraction of sp³-hybridized carbons (Fsp3) is 0.304. The largest absolute Gasteiger partial charge is 0.444 e. The quantitative estimate of drug-likeness (QED) is 0.343. The summed E-state index contributed by atoms with van der Waals surface area (Å²) < 4.78 is 44.8. The van der Waals surface area contributed by atoms with E-state index in [-0.39, 0.29) is 6.54 Å². The van der Waals surface area contributed by atoms with Gasteiger partial charge in [0.25, 0.3) is 0 Å². The van der Waals surface area contributed by atoms with Crippen LogP contribution in [0.25, 0.3) is 11.1 Å². The number of nitrogens with one attached hydrogen (secondary N) is 1. The molecule has 0 unspecified atom stereocenters. The molecule has 176 valence electrons. The van der Waals surface area contributed by atoms with Gasteiger partial charge < -0.3 is 10.1 Å². The molecule has 3 aromatic rings. The molecule has 0 aliphatic carbocycles. The molecule has 4 nitrogen and oxygen atoms in total. The first-order valence-corrected chi connectivity index (χ1v) is 12.7. The predicted octanol–water partition coefficient (Wildman–Crippen LogP) is 7.73. The van der Waals surface area contributed by atoms with Crippen molar-refractivity contribution in [3.63, 3.8) is 0 Å². The molecule has 3 rings (SSSR count). The maximum atomic E-state index is 12.9. The van der Waals surface area contributed by atoms with Gasteiger partial charge in [-0.1, -0.05) is 23.9 Å². The lowest BCUT2D eigenvalue weighted by atomic mass is 10.0. The Morgan fingerprint density at radius 1 is 1.06 bits per heavy atom. The number of rotatable bonds is 6. The number of alkyl halides is 3. The lowest BCUT2D eigenvalue weighted by Crippen LogP contribution is -2.32. The SMILES string of the molecule is CSc1cc(Sc2cnc(CNC(=O)OC(C)(C)C)s2)cc(-c2ccc(C(F)(F)F)cc2)c1. The molecule has 0 atom stereocenters. The zero-order valence-electron chi connectivity index (χ0n) is 18.4. The van der Waals surface area contributed by atoms with Crippen LogP contribution in [0.4, 0.5) is 18.0 Å². The van der Waals surface area contributed by atoms with Crippen LogP contribution in [0.1, 0.15) is 31.3 Å². The highest BCUT2D eigenvalue weighted by Gasteiger charge is 2.30. The maximum absolute atomic E-state index is 12.9. The van der Waals surface area contributed by atoms with E-state index in [1.807, 2.05) is 24.5 Å². The fourth-order valence-corrected chi connectivity index (χ4v) is 5.37. The van der Waals surface area contributed by atoms with E-state index >= 15 is 0 Å². The Morgan fingerprint density at radius 2 is 1.73 bits per heavy atom. The van der Waals surface area contributed by atoms with Crippen molar-refractivity contribution >= 4 is 41.0 Å². The Balaban J connectivity index is 1.72. The summed E-state index contributed by atoms with van der Waals surface area (Å²) in [6.45, 7) is 5.66. The standard InChI is InChI=1S/C23H23F3N2O2S3/c1-22(2,3)30-21(29)28-12-19-27-13-20(33-19)32-18-10-15(9-17(11-18)31-4)14-5-7-16(8-6-14)23(24,25)26/h5-11,13H,12H2,1-4H3,(H,28,29). The van der Waals surface area contributed by atoms with Crippen LogP contribution >= 0.6 is 34.9 Å². The first-order chi connectivity index (χ1) is 15.4. The molecule has 0 saturated carbocycles. The van der Waals surface area contributed by atoms with Crippen LogP contribution in [-0.2, 0) is 17.5 Å². The first kappa shape index (κ1) is 25.5. The lowest BCUT2D eigenvalue weighted by Gasteiger charge is -2.19. The summed E-state index contributed by atoms with van der Waals surface area (Å²) in [6.07, 6.45) is -1.16. The van der Waals surface area contributed by atoms with Gasteiger partial charge in [0.2, 0.25) is 0 Å². The second-order valence-electron chi connectivity index (χ2n) is 8.00. The van der Waals surface area contributed by atoms with Crippen molar-refractivity contribution in [3.05, 3.63) is 59.2 Å². The van der Waals surface area contributed by atoms with Crippen LogP contribution in [0.5, 0.6) is 0 Å². The van der Waals surface area contributed by atoms with Crippen LogP contribution < -0.4 is 5.32 Å². The van der Waals surface area contributed by atoms with Crippen molar-refractivity contribution in [1.82, 2.24) is 10.3 Å². The number of benzene rings is 2. The van der Waals surface area contributed by atoms with Gasteiger partial charge in [-0.3, -0.25) is 0 Å². The Bertz CT molecular complexity index is 1110. The molecular formula is C23H23F3N2O2S3. The third-order valence-electron chi connectivity index (χ3n) is 4.19. The summed E-state index contributed by atoms with van der Waals surface area (Å²) in [5.74, 6) is 0. The molecule has 0 aliphatic rings. The Morgan fingerprint density at radius 3 is 2.33 bits per heavy atom. The normalized spacial score (nSPS) is 12.0. The summed E-state index contributed by atoms with van der Waals surface area (Å²) in [4.78, 5) is 18.1. The van der Waals surface area contributed by atoms with Crippen molar-refractivity contribution in [2.24, 2.45) is 0 Å². The molecule has 1 heterocycles. The van der Waals surface area contributed by atoms with Crippen molar-refractivity contribution in [1.29, 1.82) is 0 Å². The van der Waals surface area contributed by atoms with Crippen LogP contribution in [0.3, 0.4) is 0 Å². The van der Waals surface area contributed by atoms with Gasteiger partial charge in [-0.2, -0.15) is 13.2 Å². The second-order valence-corrected chi connectivity index (χ2v) is 11.4. The molecule has 1 aromatic heterocycles. The molecule has 1 amide bonds. The summed E-state index contributed by atoms with van der Waals surface area (Å²) in [5, 5.41) is 3.43. The molecule has 0 saturated heterocycles. The van der Waals surface area contributed by atoms with E-state index < -0.39 is 23.4 Å². The summed E-state index contributed by atoms with van der Waals surface area (Å²) >= 11 is 4.54. The number of alkyl carbamates (subject to hydrolysis) is 1. The van der Waals surface area contributed by atoms with E-state index in [1.165, 1.54) is 35.2 Å². The van der Waals surface area contributed by atoms with Gasteiger partial charge in [0.15, 0.2) is 0 Å². The minimum Gasteiger partial charge on any atom is -0.444 e. The average molecular weight is 513 g/mol. The molecular weight excluding hydrogens is 489 g/mol. The smallest absolute Gasteiger partial charge is 0.416 e. The summed E-state index contributed by atoms with van der Waals surface area (Å²) in [7, 11) is 0. The minimum atomic E-state index is -4.36. The number of halogens is 3. The summed E-state index contributed by atoms with van der Waals surface area (Å²) in [6, 6.07) is 11.1. The Hall–Kier alpha value is -2.17. The van der Waals surface area contributed by atoms with Gasteiger partial charge in [0.1, 0.15) is 10.6 Å². The van der Waals surface area contributed by atoms with Crippen LogP contribution in [0.15, 0.2) is 62.7 Å². The number of carbonyl (C=O) groups is 1. The topological polar surface area (TPSA) is 51.2 Å². The Labute approximate surface area is 203 Å². The molecule has 0 aliphatic heterocycles. The minimum absolute atomic E-state index is 0.266. The number of hydrogen-bond donors (Lipinski definition) is 1. The number of nitrogens with zero attached hydrogens (tertiary/aromatic N) is 1. The number of ether oxygens (including phenoxy) is 1. The third-order valence-corrected chi connectivity index (χ3v) is 6.97. The predicted molar refractivity (Wildman–Crippen MR) is 128 cm³/mol. The van der Waals surface area contributed by atoms with Crippen molar-refractivity contribution in [2.45, 2.75) is 53.1 Å². The monoisotopic (exact) mass is 512 g/mol. The molecule has 10 heteroatoms. The van der Waals surface area contributed by atoms with E-state index in [4.69, 9.17) is 4.74 Å². The highest BCUT2D eigenvalue weighted by Crippen LogP contribution is 2.38. The third kappa shape index (κ3) is 7.68. The number of carbonyl (C=O) groups excluding carboxylic acids is 1. The van der Waals surface area contributed by atoms with E-state index in [2.05, 4.69) is 10.3 Å². The molecule has 0 spiro atoms. The van der Waals surface area contributed by atoms with E-state index in [0.29, 0.717) is 5.56 Å². The highest BCUT2D eigenvalue weighted by atomic mass is 32.2. The van der Waals surface area contributed by atoms with Crippen LogP contribution in [0.2, 0.25) is 0 Å². The number of aromatic nitrogens is 1. The van der Waals surface area contributed by atoms with Crippen molar-refractivity contribution in [3.8, 4) is 11.1 Å². The van der Waals surface area contributed by atoms with Gasteiger partial charge in [0.05, 0.1) is 22.5 Å². The highest BCUT2D eigenvalue weighted by molar-refractivity contribution is 8.01. The van der Waals surface area contributed by atoms with E-state index in [9.17, 15) is 18.0 Å². The van der Waals surface area contributed by atoms with Gasteiger partial charge in [-0.25, -0.2) is 9.78 Å². The number of amides is 1. The molecule has 0 radical (unpaired) electrons. The van der Waals surface area contributed by atoms with Gasteiger partial charge in [0, 0.05) is 9.79 Å². The van der Waals surface area contributed by atoms with Crippen molar-refractivity contribution in [2.75, 3.05) is 6.26 Å². The second kappa shape index (κ2) is 10.4. The average Bonchev–Trinajstić information content (AvgIpc) is 3.17. The Kier molecular flexibility index (Phi) is 8.02. The molecule has 33 heavy (non-hydrogen) atoms. The van der Waals surface area contributed by atoms with Gasteiger partial charge in [-0.15, -0.1) is 23.1 Å². The van der Waals surface area contributed by atoms with Gasteiger partial charge in [-0.05, 0) is 68.5 Å². The van der Waals surface area contributed by atoms with E-state index in [1.54, 1.807) is 38.7 Å². The zero-order chi connectivity index (χ0) is 24.2. The molecule has 1 N–H and O–H groups in total. The number of thiazole rings is 1. The molecule has 0 bridgehead atoms. The lowest BCUT2D eigenvalue weighted by molar-refractivity contribution is -0.137. The molecule has 0 fully saturated rings. The van der Waals surface area contributed by atoms with Crippen LogP contribution in [0, 0.1) is 0 Å².